The summed E-state index contributed by atoms with van der Waals surface area (Å²) in [5.74, 6) is 1.07. The Bertz CT molecular complexity index is 1180. The van der Waals surface area contributed by atoms with Crippen molar-refractivity contribution in [3.63, 3.8) is 0 Å². The summed E-state index contributed by atoms with van der Waals surface area (Å²) in [6, 6.07) is 16.9. The minimum atomic E-state index is -0.243. The number of hydrogen-bond donors (Lipinski definition) is 1. The average Bonchev–Trinajstić information content (AvgIpc) is 3.17. The molecule has 0 saturated carbocycles. The summed E-state index contributed by atoms with van der Waals surface area (Å²) >= 11 is 0. The maximum absolute atomic E-state index is 13.1. The fraction of sp³-hybridized carbons (Fsp3) is 0.174. The molecule has 0 atom stereocenters. The van der Waals surface area contributed by atoms with E-state index in [-0.39, 0.29) is 5.91 Å². The van der Waals surface area contributed by atoms with Gasteiger partial charge in [-0.3, -0.25) is 4.79 Å². The van der Waals surface area contributed by atoms with Crippen LogP contribution in [0.15, 0.2) is 59.1 Å². The first kappa shape index (κ1) is 19.4. The number of ether oxygens (including phenoxy) is 2. The lowest BCUT2D eigenvalue weighted by atomic mass is 10.0. The zero-order valence-corrected chi connectivity index (χ0v) is 16.9. The van der Waals surface area contributed by atoms with Crippen molar-refractivity contribution in [2.24, 2.45) is 0 Å². The molecule has 2 aromatic heterocycles. The van der Waals surface area contributed by atoms with Crippen LogP contribution in [0, 0.1) is 6.92 Å². The van der Waals surface area contributed by atoms with Crippen LogP contribution in [0.2, 0.25) is 0 Å². The van der Waals surface area contributed by atoms with Crippen LogP contribution in [-0.2, 0) is 6.54 Å². The molecule has 0 aliphatic heterocycles. The Morgan fingerprint density at radius 2 is 1.73 bits per heavy atom. The van der Waals surface area contributed by atoms with Crippen LogP contribution in [0.25, 0.3) is 22.4 Å². The molecule has 4 rings (SSSR count). The maximum atomic E-state index is 13.1. The van der Waals surface area contributed by atoms with E-state index >= 15 is 0 Å². The number of aryl methyl sites for hydroxylation is 1. The predicted octanol–water partition coefficient (Wildman–Crippen LogP) is 4.15. The van der Waals surface area contributed by atoms with Crippen LogP contribution >= 0.6 is 0 Å². The normalized spacial score (nSPS) is 10.8. The van der Waals surface area contributed by atoms with Gasteiger partial charge < -0.3 is 19.3 Å². The summed E-state index contributed by atoms with van der Waals surface area (Å²) in [4.78, 5) is 17.6. The molecule has 0 radical (unpaired) electrons. The Morgan fingerprint density at radius 3 is 2.40 bits per heavy atom. The molecule has 0 aliphatic rings. The molecule has 2 aromatic carbocycles. The molecule has 0 saturated heterocycles. The number of fused-ring (bicyclic) bond motifs is 1. The van der Waals surface area contributed by atoms with Crippen molar-refractivity contribution in [2.45, 2.75) is 13.5 Å². The second-order valence-corrected chi connectivity index (χ2v) is 6.77. The molecule has 0 bridgehead atoms. The van der Waals surface area contributed by atoms with E-state index in [4.69, 9.17) is 14.0 Å². The molecule has 1 N–H and O–H groups in total. The monoisotopic (exact) mass is 403 g/mol. The lowest BCUT2D eigenvalue weighted by molar-refractivity contribution is 0.0952. The third-order valence-electron chi connectivity index (χ3n) is 4.80. The van der Waals surface area contributed by atoms with Crippen molar-refractivity contribution in [1.29, 1.82) is 0 Å². The molecule has 30 heavy (non-hydrogen) atoms. The lowest BCUT2D eigenvalue weighted by Crippen LogP contribution is -2.23. The van der Waals surface area contributed by atoms with Crippen LogP contribution in [0.1, 0.15) is 21.6 Å². The first-order valence-corrected chi connectivity index (χ1v) is 9.41. The van der Waals surface area contributed by atoms with Crippen LogP contribution < -0.4 is 14.8 Å². The lowest BCUT2D eigenvalue weighted by Gasteiger charge is -2.11. The van der Waals surface area contributed by atoms with Gasteiger partial charge in [-0.15, -0.1) is 0 Å². The van der Waals surface area contributed by atoms with Gasteiger partial charge in [0, 0.05) is 18.2 Å². The molecule has 0 aliphatic carbocycles. The van der Waals surface area contributed by atoms with Gasteiger partial charge in [0.2, 0.25) is 0 Å². The van der Waals surface area contributed by atoms with Gasteiger partial charge in [-0.2, -0.15) is 0 Å². The van der Waals surface area contributed by atoms with Gasteiger partial charge >= 0.3 is 0 Å². The second-order valence-electron chi connectivity index (χ2n) is 6.77. The fourth-order valence-corrected chi connectivity index (χ4v) is 3.28. The number of amides is 1. The number of benzene rings is 2. The van der Waals surface area contributed by atoms with Crippen molar-refractivity contribution in [3.8, 4) is 22.8 Å². The Morgan fingerprint density at radius 1 is 1.03 bits per heavy atom. The van der Waals surface area contributed by atoms with Crippen LogP contribution in [0.5, 0.6) is 11.5 Å². The van der Waals surface area contributed by atoms with E-state index in [1.165, 1.54) is 0 Å². The van der Waals surface area contributed by atoms with Gasteiger partial charge in [0.05, 0.1) is 36.6 Å². The topological polar surface area (TPSA) is 86.5 Å². The van der Waals surface area contributed by atoms with Crippen molar-refractivity contribution in [2.75, 3.05) is 14.2 Å². The Labute approximate surface area is 173 Å². The number of carbonyl (C=O) groups excluding carboxylic acids is 1. The first-order valence-electron chi connectivity index (χ1n) is 9.41. The number of pyridine rings is 1. The molecule has 0 unspecified atom stereocenters. The number of aromatic nitrogens is 2. The molecule has 0 spiro atoms. The zero-order valence-electron chi connectivity index (χ0n) is 16.9. The second kappa shape index (κ2) is 8.24. The number of carbonyl (C=O) groups is 1. The Balaban J connectivity index is 1.67. The molecule has 0 fully saturated rings. The number of hydrogen-bond acceptors (Lipinski definition) is 6. The highest BCUT2D eigenvalue weighted by atomic mass is 16.5. The molecular formula is C23H21N3O4. The highest BCUT2D eigenvalue weighted by Crippen LogP contribution is 2.27. The molecule has 2 heterocycles. The summed E-state index contributed by atoms with van der Waals surface area (Å²) in [6.07, 6.45) is 0. The Kier molecular flexibility index (Phi) is 5.34. The average molecular weight is 403 g/mol. The molecule has 1 amide bonds. The predicted molar refractivity (Wildman–Crippen MR) is 113 cm³/mol. The largest absolute Gasteiger partial charge is 0.497 e. The van der Waals surface area contributed by atoms with Gasteiger partial charge in [-0.25, -0.2) is 4.98 Å². The minimum Gasteiger partial charge on any atom is -0.497 e. The first-order chi connectivity index (χ1) is 14.6. The van der Waals surface area contributed by atoms with Crippen molar-refractivity contribution in [1.82, 2.24) is 15.5 Å². The van der Waals surface area contributed by atoms with E-state index in [1.807, 2.05) is 42.5 Å². The summed E-state index contributed by atoms with van der Waals surface area (Å²) in [6.45, 7) is 2.10. The third-order valence-corrected chi connectivity index (χ3v) is 4.80. The van der Waals surface area contributed by atoms with E-state index in [1.54, 1.807) is 33.3 Å². The van der Waals surface area contributed by atoms with Gasteiger partial charge in [-0.05, 0) is 30.7 Å². The molecule has 152 valence electrons. The van der Waals surface area contributed by atoms with Crippen molar-refractivity contribution in [3.05, 3.63) is 71.4 Å². The van der Waals surface area contributed by atoms with E-state index in [2.05, 4.69) is 15.5 Å². The van der Waals surface area contributed by atoms with E-state index in [0.717, 1.165) is 11.1 Å². The number of nitrogens with one attached hydrogen (secondary N) is 1. The molecular weight excluding hydrogens is 382 g/mol. The summed E-state index contributed by atoms with van der Waals surface area (Å²) in [5, 5.41) is 7.55. The highest BCUT2D eigenvalue weighted by molar-refractivity contribution is 6.06. The summed E-state index contributed by atoms with van der Waals surface area (Å²) in [5.41, 5.74) is 3.81. The van der Waals surface area contributed by atoms with Crippen molar-refractivity contribution < 1.29 is 18.8 Å². The maximum Gasteiger partial charge on any atom is 0.259 e. The smallest absolute Gasteiger partial charge is 0.259 e. The van der Waals surface area contributed by atoms with Gasteiger partial charge in [-0.1, -0.05) is 35.5 Å². The number of methoxy groups -OCH3 is 2. The third kappa shape index (κ3) is 3.82. The van der Waals surface area contributed by atoms with Gasteiger partial charge in [0.1, 0.15) is 11.5 Å². The molecule has 4 aromatic rings. The highest BCUT2D eigenvalue weighted by Gasteiger charge is 2.19. The molecule has 7 nitrogen and oxygen atoms in total. The minimum absolute atomic E-state index is 0.243. The van der Waals surface area contributed by atoms with Crippen LogP contribution in [-0.4, -0.2) is 30.3 Å². The van der Waals surface area contributed by atoms with Gasteiger partial charge in [0.15, 0.2) is 0 Å². The quantitative estimate of drug-likeness (QED) is 0.521. The van der Waals surface area contributed by atoms with Crippen LogP contribution in [0.4, 0.5) is 0 Å². The van der Waals surface area contributed by atoms with E-state index < -0.39 is 0 Å². The summed E-state index contributed by atoms with van der Waals surface area (Å²) < 4.78 is 15.9. The zero-order chi connectivity index (χ0) is 21.1. The number of nitrogens with zero attached hydrogens (tertiary/aromatic N) is 2. The fourth-order valence-electron chi connectivity index (χ4n) is 3.28. The van der Waals surface area contributed by atoms with Crippen LogP contribution in [0.3, 0.4) is 0 Å². The standard InChI is InChI=1S/C23H21N3O4/c1-14-21-19(12-20(25-23(21)30-26-14)16-7-5-4-6-8-16)22(27)24-13-15-9-17(28-2)11-18(10-15)29-3/h4-12H,13H2,1-3H3,(H,24,27). The Hall–Kier alpha value is -3.87. The SMILES string of the molecule is COc1cc(CNC(=O)c2cc(-c3ccccc3)nc3onc(C)c23)cc(OC)c1. The summed E-state index contributed by atoms with van der Waals surface area (Å²) in [7, 11) is 3.18. The van der Waals surface area contributed by atoms with E-state index in [9.17, 15) is 4.79 Å². The van der Waals surface area contributed by atoms with Crippen molar-refractivity contribution >= 4 is 17.0 Å². The van der Waals surface area contributed by atoms with E-state index in [0.29, 0.717) is 46.1 Å². The number of rotatable bonds is 6. The molecule has 7 heteroatoms. The van der Waals surface area contributed by atoms with Gasteiger partial charge in [0.25, 0.3) is 11.6 Å².